The van der Waals surface area contributed by atoms with Gasteiger partial charge < -0.3 is 15.5 Å². The highest BCUT2D eigenvalue weighted by molar-refractivity contribution is 7.11. The average molecular weight is 346 g/mol. The number of hydrogen-bond donors (Lipinski definition) is 2. The van der Waals surface area contributed by atoms with E-state index in [1.165, 1.54) is 11.8 Å². The standard InChI is InChI=1S/C17H22N4O2S/c1-12-10-19-16(24-12)7-8-18-17(23)20-15-6-4-5-14(9-15)11-21(3)13(2)22/h4-6,9-10H,7-8,11H2,1-3H3,(H2,18,20,23). The molecule has 0 saturated heterocycles. The predicted octanol–water partition coefficient (Wildman–Crippen LogP) is 2.79. The number of benzene rings is 1. The Morgan fingerprint density at radius 2 is 2.12 bits per heavy atom. The third-order valence-electron chi connectivity index (χ3n) is 3.44. The number of anilines is 1. The number of aromatic nitrogens is 1. The first-order chi connectivity index (χ1) is 11.4. The molecule has 2 N–H and O–H groups in total. The van der Waals surface area contributed by atoms with Crippen molar-refractivity contribution in [1.82, 2.24) is 15.2 Å². The lowest BCUT2D eigenvalue weighted by atomic mass is 10.2. The van der Waals surface area contributed by atoms with Crippen LogP contribution in [0.2, 0.25) is 0 Å². The highest BCUT2D eigenvalue weighted by atomic mass is 32.1. The normalized spacial score (nSPS) is 10.3. The molecule has 2 rings (SSSR count). The van der Waals surface area contributed by atoms with Crippen LogP contribution in [0.5, 0.6) is 0 Å². The number of urea groups is 1. The van der Waals surface area contributed by atoms with Crippen LogP contribution in [0, 0.1) is 6.92 Å². The van der Waals surface area contributed by atoms with E-state index >= 15 is 0 Å². The monoisotopic (exact) mass is 346 g/mol. The van der Waals surface area contributed by atoms with E-state index in [-0.39, 0.29) is 11.9 Å². The van der Waals surface area contributed by atoms with Gasteiger partial charge in [-0.2, -0.15) is 0 Å². The van der Waals surface area contributed by atoms with Crippen molar-refractivity contribution in [3.63, 3.8) is 0 Å². The van der Waals surface area contributed by atoms with Crippen LogP contribution in [0.25, 0.3) is 0 Å². The molecule has 0 aliphatic heterocycles. The van der Waals surface area contributed by atoms with E-state index < -0.39 is 0 Å². The lowest BCUT2D eigenvalue weighted by molar-refractivity contribution is -0.128. The second kappa shape index (κ2) is 8.44. The summed E-state index contributed by atoms with van der Waals surface area (Å²) in [6.07, 6.45) is 2.55. The van der Waals surface area contributed by atoms with Gasteiger partial charge in [-0.3, -0.25) is 4.79 Å². The van der Waals surface area contributed by atoms with Crippen LogP contribution in [-0.4, -0.2) is 35.4 Å². The van der Waals surface area contributed by atoms with Crippen molar-refractivity contribution in [2.24, 2.45) is 0 Å². The Balaban J connectivity index is 1.81. The summed E-state index contributed by atoms with van der Waals surface area (Å²) in [4.78, 5) is 30.3. The molecule has 6 nitrogen and oxygen atoms in total. The van der Waals surface area contributed by atoms with Crippen molar-refractivity contribution >= 4 is 29.0 Å². The average Bonchev–Trinajstić information content (AvgIpc) is 2.93. The molecule has 0 aliphatic carbocycles. The van der Waals surface area contributed by atoms with E-state index in [0.29, 0.717) is 18.8 Å². The zero-order valence-corrected chi connectivity index (χ0v) is 14.9. The summed E-state index contributed by atoms with van der Waals surface area (Å²) in [5.74, 6) is 0.00327. The van der Waals surface area contributed by atoms with Crippen LogP contribution < -0.4 is 10.6 Å². The number of carbonyl (C=O) groups is 2. The van der Waals surface area contributed by atoms with Crippen molar-refractivity contribution in [2.45, 2.75) is 26.8 Å². The molecule has 0 unspecified atom stereocenters. The molecule has 0 radical (unpaired) electrons. The maximum atomic E-state index is 11.9. The Hall–Kier alpha value is -2.41. The molecule has 24 heavy (non-hydrogen) atoms. The number of carbonyl (C=O) groups excluding carboxylic acids is 2. The SMILES string of the molecule is CC(=O)N(C)Cc1cccc(NC(=O)NCCc2ncc(C)s2)c1. The first kappa shape index (κ1) is 17.9. The van der Waals surface area contributed by atoms with Crippen LogP contribution in [0.3, 0.4) is 0 Å². The molecule has 1 aromatic heterocycles. The van der Waals surface area contributed by atoms with E-state index in [4.69, 9.17) is 0 Å². The molecule has 1 heterocycles. The summed E-state index contributed by atoms with van der Waals surface area (Å²) < 4.78 is 0. The molecule has 0 bridgehead atoms. The molecule has 0 saturated carbocycles. The van der Waals surface area contributed by atoms with E-state index in [9.17, 15) is 9.59 Å². The van der Waals surface area contributed by atoms with Crippen molar-refractivity contribution in [3.05, 3.63) is 45.9 Å². The number of amides is 3. The predicted molar refractivity (Wildman–Crippen MR) is 96.2 cm³/mol. The summed E-state index contributed by atoms with van der Waals surface area (Å²) >= 11 is 1.64. The van der Waals surface area contributed by atoms with Gasteiger partial charge in [0.25, 0.3) is 0 Å². The molecule has 0 spiro atoms. The number of thiazole rings is 1. The first-order valence-corrected chi connectivity index (χ1v) is 8.52. The number of hydrogen-bond acceptors (Lipinski definition) is 4. The quantitative estimate of drug-likeness (QED) is 0.844. The van der Waals surface area contributed by atoms with Crippen LogP contribution in [-0.2, 0) is 17.8 Å². The number of nitrogens with zero attached hydrogens (tertiary/aromatic N) is 2. The molecule has 2 aromatic rings. The largest absolute Gasteiger partial charge is 0.342 e. The van der Waals surface area contributed by atoms with Crippen LogP contribution in [0.1, 0.15) is 22.4 Å². The van der Waals surface area contributed by atoms with Crippen LogP contribution >= 0.6 is 11.3 Å². The van der Waals surface area contributed by atoms with Crippen LogP contribution in [0.4, 0.5) is 10.5 Å². The Kier molecular flexibility index (Phi) is 6.31. The van der Waals surface area contributed by atoms with Crippen molar-refractivity contribution in [3.8, 4) is 0 Å². The van der Waals surface area contributed by atoms with Gasteiger partial charge >= 0.3 is 6.03 Å². The van der Waals surface area contributed by atoms with Crippen molar-refractivity contribution in [1.29, 1.82) is 0 Å². The second-order valence-corrected chi connectivity index (χ2v) is 6.89. The highest BCUT2D eigenvalue weighted by Gasteiger charge is 2.06. The smallest absolute Gasteiger partial charge is 0.319 e. The Labute approximate surface area is 145 Å². The summed E-state index contributed by atoms with van der Waals surface area (Å²) in [5, 5.41) is 6.64. The van der Waals surface area contributed by atoms with Gasteiger partial charge in [0.2, 0.25) is 5.91 Å². The Morgan fingerprint density at radius 1 is 1.33 bits per heavy atom. The zero-order chi connectivity index (χ0) is 17.5. The number of aryl methyl sites for hydroxylation is 1. The number of nitrogens with one attached hydrogen (secondary N) is 2. The molecular formula is C17H22N4O2S. The van der Waals surface area contributed by atoms with Crippen molar-refractivity contribution < 1.29 is 9.59 Å². The van der Waals surface area contributed by atoms with Gasteiger partial charge in [0, 0.05) is 50.2 Å². The lowest BCUT2D eigenvalue weighted by Crippen LogP contribution is -2.30. The van der Waals surface area contributed by atoms with Gasteiger partial charge in [-0.25, -0.2) is 9.78 Å². The minimum Gasteiger partial charge on any atom is -0.342 e. The highest BCUT2D eigenvalue weighted by Crippen LogP contribution is 2.13. The first-order valence-electron chi connectivity index (χ1n) is 7.71. The molecule has 128 valence electrons. The fraction of sp³-hybridized carbons (Fsp3) is 0.353. The maximum Gasteiger partial charge on any atom is 0.319 e. The minimum absolute atomic E-state index is 0.00327. The van der Waals surface area contributed by atoms with E-state index in [0.717, 1.165) is 17.0 Å². The lowest BCUT2D eigenvalue weighted by Gasteiger charge is -2.15. The molecule has 0 aliphatic rings. The maximum absolute atomic E-state index is 11.9. The van der Waals surface area contributed by atoms with Gasteiger partial charge in [-0.1, -0.05) is 12.1 Å². The van der Waals surface area contributed by atoms with E-state index in [1.54, 1.807) is 23.3 Å². The van der Waals surface area contributed by atoms with E-state index in [1.807, 2.05) is 37.4 Å². The van der Waals surface area contributed by atoms with Gasteiger partial charge in [0.15, 0.2) is 0 Å². The molecule has 3 amide bonds. The fourth-order valence-electron chi connectivity index (χ4n) is 2.11. The number of rotatable bonds is 6. The Bertz CT molecular complexity index is 714. The van der Waals surface area contributed by atoms with Gasteiger partial charge in [-0.15, -0.1) is 11.3 Å². The molecular weight excluding hydrogens is 324 g/mol. The zero-order valence-electron chi connectivity index (χ0n) is 14.1. The second-order valence-electron chi connectivity index (χ2n) is 5.57. The van der Waals surface area contributed by atoms with Crippen LogP contribution in [0.15, 0.2) is 30.5 Å². The third-order valence-corrected chi connectivity index (χ3v) is 4.41. The topological polar surface area (TPSA) is 74.3 Å². The summed E-state index contributed by atoms with van der Waals surface area (Å²) in [5.41, 5.74) is 1.66. The van der Waals surface area contributed by atoms with Gasteiger partial charge in [0.1, 0.15) is 0 Å². The minimum atomic E-state index is -0.250. The van der Waals surface area contributed by atoms with Gasteiger partial charge in [-0.05, 0) is 24.6 Å². The molecule has 0 fully saturated rings. The summed E-state index contributed by atoms with van der Waals surface area (Å²) in [6, 6.07) is 7.22. The third kappa shape index (κ3) is 5.66. The molecule has 0 atom stereocenters. The van der Waals surface area contributed by atoms with E-state index in [2.05, 4.69) is 15.6 Å². The summed E-state index contributed by atoms with van der Waals surface area (Å²) in [6.45, 7) is 4.58. The Morgan fingerprint density at radius 3 is 2.79 bits per heavy atom. The van der Waals surface area contributed by atoms with Crippen molar-refractivity contribution in [2.75, 3.05) is 18.9 Å². The fourth-order valence-corrected chi connectivity index (χ4v) is 2.89. The molecule has 7 heteroatoms. The molecule has 1 aromatic carbocycles. The van der Waals surface area contributed by atoms with Gasteiger partial charge in [0.05, 0.1) is 5.01 Å². The summed E-state index contributed by atoms with van der Waals surface area (Å²) in [7, 11) is 1.75.